The van der Waals surface area contributed by atoms with Crippen LogP contribution >= 0.6 is 11.6 Å². The van der Waals surface area contributed by atoms with Crippen LogP contribution in [0.5, 0.6) is 11.5 Å². The molecule has 0 fully saturated rings. The van der Waals surface area contributed by atoms with Gasteiger partial charge in [-0.1, -0.05) is 29.8 Å². The SMILES string of the molecule is COc1ccc2c(c1)CN(C(=O)CN1C(=O)COc3cc(-c4cccc(Cl)c4)cnc31)C2. The lowest BCUT2D eigenvalue weighted by Gasteiger charge is -2.29. The van der Waals surface area contributed by atoms with Gasteiger partial charge in [-0.3, -0.25) is 14.5 Å². The predicted molar refractivity (Wildman–Crippen MR) is 120 cm³/mol. The number of amides is 2. The molecule has 0 unspecified atom stereocenters. The van der Waals surface area contributed by atoms with Crippen LogP contribution in [0.15, 0.2) is 54.7 Å². The number of methoxy groups -OCH3 is 1. The molecule has 0 radical (unpaired) electrons. The van der Waals surface area contributed by atoms with Crippen molar-refractivity contribution in [2.24, 2.45) is 0 Å². The highest BCUT2D eigenvalue weighted by Crippen LogP contribution is 2.35. The van der Waals surface area contributed by atoms with Crippen LogP contribution < -0.4 is 14.4 Å². The lowest BCUT2D eigenvalue weighted by Crippen LogP contribution is -2.45. The molecule has 32 heavy (non-hydrogen) atoms. The number of carbonyl (C=O) groups excluding carboxylic acids is 2. The molecule has 0 bridgehead atoms. The summed E-state index contributed by atoms with van der Waals surface area (Å²) in [5.74, 6) is 1.12. The maximum atomic E-state index is 13.0. The van der Waals surface area contributed by atoms with Crippen LogP contribution in [0.3, 0.4) is 0 Å². The Bertz CT molecular complexity index is 1230. The molecule has 8 heteroatoms. The maximum absolute atomic E-state index is 13.0. The summed E-state index contributed by atoms with van der Waals surface area (Å²) in [6.07, 6.45) is 1.65. The second-order valence-corrected chi connectivity index (χ2v) is 8.15. The number of ether oxygens (including phenoxy) is 2. The molecular formula is C24H20ClN3O4. The molecule has 0 atom stereocenters. The standard InChI is InChI=1S/C24H20ClN3O4/c1-31-20-6-5-16-11-27(12-18(16)8-20)22(29)13-28-23(30)14-32-21-9-17(10-26-24(21)28)15-3-2-4-19(25)7-15/h2-10H,11-14H2,1H3. The Morgan fingerprint density at radius 3 is 2.78 bits per heavy atom. The highest BCUT2D eigenvalue weighted by atomic mass is 35.5. The van der Waals surface area contributed by atoms with Gasteiger partial charge in [0, 0.05) is 29.9 Å². The normalized spacial score (nSPS) is 14.6. The number of rotatable bonds is 4. The van der Waals surface area contributed by atoms with Gasteiger partial charge < -0.3 is 14.4 Å². The minimum absolute atomic E-state index is 0.0934. The minimum Gasteiger partial charge on any atom is -0.497 e. The molecule has 162 valence electrons. The Morgan fingerprint density at radius 2 is 1.97 bits per heavy atom. The summed E-state index contributed by atoms with van der Waals surface area (Å²) in [6.45, 7) is 0.755. The highest BCUT2D eigenvalue weighted by Gasteiger charge is 2.32. The van der Waals surface area contributed by atoms with Gasteiger partial charge in [-0.15, -0.1) is 0 Å². The molecule has 1 aromatic heterocycles. The summed E-state index contributed by atoms with van der Waals surface area (Å²) < 4.78 is 10.9. The van der Waals surface area contributed by atoms with Crippen molar-refractivity contribution in [3.8, 4) is 22.6 Å². The van der Waals surface area contributed by atoms with Crippen LogP contribution in [-0.4, -0.2) is 42.0 Å². The van der Waals surface area contributed by atoms with Crippen molar-refractivity contribution in [2.45, 2.75) is 13.1 Å². The van der Waals surface area contributed by atoms with Crippen molar-refractivity contribution in [3.05, 3.63) is 70.9 Å². The van der Waals surface area contributed by atoms with Gasteiger partial charge in [0.05, 0.1) is 7.11 Å². The largest absolute Gasteiger partial charge is 0.497 e. The number of halogens is 1. The molecule has 0 saturated heterocycles. The Kier molecular flexibility index (Phi) is 5.19. The zero-order valence-corrected chi connectivity index (χ0v) is 18.1. The number of carbonyl (C=O) groups is 2. The molecule has 2 aromatic carbocycles. The van der Waals surface area contributed by atoms with Gasteiger partial charge in [-0.2, -0.15) is 0 Å². The topological polar surface area (TPSA) is 72.0 Å². The molecule has 0 N–H and O–H groups in total. The van der Waals surface area contributed by atoms with E-state index in [2.05, 4.69) is 4.98 Å². The van der Waals surface area contributed by atoms with E-state index in [0.717, 1.165) is 28.0 Å². The first kappa shape index (κ1) is 20.3. The summed E-state index contributed by atoms with van der Waals surface area (Å²) in [5.41, 5.74) is 3.84. The van der Waals surface area contributed by atoms with Gasteiger partial charge >= 0.3 is 0 Å². The van der Waals surface area contributed by atoms with E-state index in [1.807, 2.05) is 42.5 Å². The molecule has 2 aliphatic heterocycles. The van der Waals surface area contributed by atoms with E-state index in [0.29, 0.717) is 29.7 Å². The average molecular weight is 450 g/mol. The summed E-state index contributed by atoms with van der Waals surface area (Å²) in [5, 5.41) is 0.618. The van der Waals surface area contributed by atoms with Crippen molar-refractivity contribution in [2.75, 3.05) is 25.2 Å². The number of hydrogen-bond donors (Lipinski definition) is 0. The smallest absolute Gasteiger partial charge is 0.266 e. The molecule has 3 aromatic rings. The fraction of sp³-hybridized carbons (Fsp3) is 0.208. The Morgan fingerprint density at radius 1 is 1.12 bits per heavy atom. The van der Waals surface area contributed by atoms with Crippen molar-refractivity contribution in [1.29, 1.82) is 0 Å². The fourth-order valence-electron chi connectivity index (χ4n) is 3.98. The second-order valence-electron chi connectivity index (χ2n) is 7.71. The molecular weight excluding hydrogens is 430 g/mol. The zero-order valence-electron chi connectivity index (χ0n) is 17.4. The first-order valence-electron chi connectivity index (χ1n) is 10.1. The lowest BCUT2D eigenvalue weighted by atomic mass is 10.1. The van der Waals surface area contributed by atoms with Crippen LogP contribution in [-0.2, 0) is 22.7 Å². The van der Waals surface area contributed by atoms with E-state index in [4.69, 9.17) is 21.1 Å². The van der Waals surface area contributed by atoms with Crippen LogP contribution in [0.25, 0.3) is 11.1 Å². The van der Waals surface area contributed by atoms with E-state index in [1.54, 1.807) is 24.3 Å². The van der Waals surface area contributed by atoms with Crippen molar-refractivity contribution < 1.29 is 19.1 Å². The second kappa shape index (κ2) is 8.16. The van der Waals surface area contributed by atoms with Gasteiger partial charge in [0.15, 0.2) is 18.2 Å². The van der Waals surface area contributed by atoms with Crippen molar-refractivity contribution in [3.63, 3.8) is 0 Å². The fourth-order valence-corrected chi connectivity index (χ4v) is 4.17. The highest BCUT2D eigenvalue weighted by molar-refractivity contribution is 6.30. The van der Waals surface area contributed by atoms with E-state index < -0.39 is 0 Å². The number of hydrogen-bond acceptors (Lipinski definition) is 5. The third-order valence-electron chi connectivity index (χ3n) is 5.68. The van der Waals surface area contributed by atoms with E-state index in [9.17, 15) is 9.59 Å². The summed E-state index contributed by atoms with van der Waals surface area (Å²) in [7, 11) is 1.62. The first-order chi connectivity index (χ1) is 15.5. The maximum Gasteiger partial charge on any atom is 0.266 e. The molecule has 0 saturated carbocycles. The van der Waals surface area contributed by atoms with Crippen LogP contribution in [0.2, 0.25) is 5.02 Å². The molecule has 0 aliphatic carbocycles. The zero-order chi connectivity index (χ0) is 22.2. The van der Waals surface area contributed by atoms with Crippen molar-refractivity contribution in [1.82, 2.24) is 9.88 Å². The Labute approximate surface area is 190 Å². The first-order valence-corrected chi connectivity index (χ1v) is 10.5. The molecule has 7 nitrogen and oxygen atoms in total. The molecule has 2 amide bonds. The van der Waals surface area contributed by atoms with Crippen LogP contribution in [0, 0.1) is 0 Å². The molecule has 2 aliphatic rings. The van der Waals surface area contributed by atoms with Gasteiger partial charge in [0.25, 0.3) is 5.91 Å². The molecule has 5 rings (SSSR count). The van der Waals surface area contributed by atoms with E-state index in [-0.39, 0.29) is 25.0 Å². The number of fused-ring (bicyclic) bond motifs is 2. The Hall–Kier alpha value is -3.58. The minimum atomic E-state index is -0.299. The monoisotopic (exact) mass is 449 g/mol. The Balaban J connectivity index is 1.36. The molecule has 0 spiro atoms. The number of benzene rings is 2. The van der Waals surface area contributed by atoms with Gasteiger partial charge in [0.1, 0.15) is 12.3 Å². The van der Waals surface area contributed by atoms with Gasteiger partial charge in [-0.05, 0) is 47.0 Å². The van der Waals surface area contributed by atoms with E-state index in [1.165, 1.54) is 4.90 Å². The lowest BCUT2D eigenvalue weighted by molar-refractivity contribution is -0.132. The number of anilines is 1. The number of aromatic nitrogens is 1. The third-order valence-corrected chi connectivity index (χ3v) is 5.92. The number of nitrogens with zero attached hydrogens (tertiary/aromatic N) is 3. The number of pyridine rings is 1. The predicted octanol–water partition coefficient (Wildman–Crippen LogP) is 3.68. The van der Waals surface area contributed by atoms with Gasteiger partial charge in [-0.25, -0.2) is 4.98 Å². The third kappa shape index (κ3) is 3.76. The summed E-state index contributed by atoms with van der Waals surface area (Å²) in [6, 6.07) is 15.0. The van der Waals surface area contributed by atoms with E-state index >= 15 is 0 Å². The average Bonchev–Trinajstić information content (AvgIpc) is 3.24. The summed E-state index contributed by atoms with van der Waals surface area (Å²) in [4.78, 5) is 33.2. The summed E-state index contributed by atoms with van der Waals surface area (Å²) >= 11 is 6.10. The van der Waals surface area contributed by atoms with Crippen LogP contribution in [0.1, 0.15) is 11.1 Å². The van der Waals surface area contributed by atoms with Crippen LogP contribution in [0.4, 0.5) is 5.82 Å². The van der Waals surface area contributed by atoms with Gasteiger partial charge in [0.2, 0.25) is 5.91 Å². The van der Waals surface area contributed by atoms with Crippen molar-refractivity contribution >= 4 is 29.2 Å². The molecule has 3 heterocycles. The quantitative estimate of drug-likeness (QED) is 0.607.